The highest BCUT2D eigenvalue weighted by Crippen LogP contribution is 1.93. The van der Waals surface area contributed by atoms with Crippen molar-refractivity contribution >= 4 is 11.8 Å². The lowest BCUT2D eigenvalue weighted by Crippen LogP contribution is -2.20. The number of rotatable bonds is 7. The van der Waals surface area contributed by atoms with Gasteiger partial charge >= 0.3 is 0 Å². The lowest BCUT2D eigenvalue weighted by Gasteiger charge is -2.04. The second kappa shape index (κ2) is 6.97. The average molecular weight is 199 g/mol. The Bertz CT molecular complexity index is 199. The first-order valence-corrected chi connectivity index (χ1v) is 5.98. The fourth-order valence-electron chi connectivity index (χ4n) is 1.09. The van der Waals surface area contributed by atoms with E-state index in [-0.39, 0.29) is 0 Å². The molecule has 0 amide bonds. The van der Waals surface area contributed by atoms with E-state index >= 15 is 0 Å². The van der Waals surface area contributed by atoms with Gasteiger partial charge in [-0.05, 0) is 25.0 Å². The summed E-state index contributed by atoms with van der Waals surface area (Å²) in [5.41, 5.74) is 0. The van der Waals surface area contributed by atoms with E-state index in [1.54, 1.807) is 0 Å². The third-order valence-electron chi connectivity index (χ3n) is 1.81. The molecule has 0 bridgehead atoms. The number of nitrogens with one attached hydrogen (secondary N) is 1. The van der Waals surface area contributed by atoms with Gasteiger partial charge in [0, 0.05) is 25.5 Å². The minimum Gasteiger partial charge on any atom is -0.336 e. The van der Waals surface area contributed by atoms with Gasteiger partial charge in [0.2, 0.25) is 0 Å². The number of imidazole rings is 1. The molecule has 3 nitrogen and oxygen atoms in total. The fourth-order valence-corrected chi connectivity index (χ4v) is 1.53. The van der Waals surface area contributed by atoms with Crippen LogP contribution in [0.4, 0.5) is 0 Å². The summed E-state index contributed by atoms with van der Waals surface area (Å²) in [6, 6.07) is 0. The van der Waals surface area contributed by atoms with Gasteiger partial charge in [0.15, 0.2) is 0 Å². The predicted molar refractivity (Wildman–Crippen MR) is 58.1 cm³/mol. The van der Waals surface area contributed by atoms with Gasteiger partial charge in [0.05, 0.1) is 6.33 Å². The van der Waals surface area contributed by atoms with Crippen molar-refractivity contribution in [3.8, 4) is 0 Å². The standard InChI is InChI=1S/C9H17N3S/c1-13-8-2-3-10-4-6-12-7-5-11-9-12/h5,7,9-10H,2-4,6,8H2,1H3. The maximum atomic E-state index is 3.98. The van der Waals surface area contributed by atoms with Crippen LogP contribution >= 0.6 is 11.8 Å². The molecule has 1 N–H and O–H groups in total. The zero-order valence-corrected chi connectivity index (χ0v) is 8.89. The molecule has 0 atom stereocenters. The Balaban J connectivity index is 1.90. The molecule has 0 radical (unpaired) electrons. The summed E-state index contributed by atoms with van der Waals surface area (Å²) in [5, 5.41) is 3.40. The lowest BCUT2D eigenvalue weighted by atomic mass is 10.4. The quantitative estimate of drug-likeness (QED) is 0.670. The smallest absolute Gasteiger partial charge is 0.0946 e. The molecule has 74 valence electrons. The van der Waals surface area contributed by atoms with Crippen molar-refractivity contribution in [2.24, 2.45) is 0 Å². The molecule has 0 fully saturated rings. The van der Waals surface area contributed by atoms with Crippen molar-refractivity contribution < 1.29 is 0 Å². The molecule has 4 heteroatoms. The lowest BCUT2D eigenvalue weighted by molar-refractivity contribution is 0.595. The van der Waals surface area contributed by atoms with Crippen LogP contribution < -0.4 is 5.32 Å². The van der Waals surface area contributed by atoms with Crippen molar-refractivity contribution in [1.82, 2.24) is 14.9 Å². The first kappa shape index (κ1) is 10.6. The number of hydrogen-bond acceptors (Lipinski definition) is 3. The van der Waals surface area contributed by atoms with E-state index in [2.05, 4.69) is 21.1 Å². The van der Waals surface area contributed by atoms with Gasteiger partial charge in [-0.1, -0.05) is 0 Å². The largest absolute Gasteiger partial charge is 0.336 e. The van der Waals surface area contributed by atoms with Crippen molar-refractivity contribution in [3.63, 3.8) is 0 Å². The Morgan fingerprint density at radius 1 is 1.46 bits per heavy atom. The zero-order valence-electron chi connectivity index (χ0n) is 8.07. The molecule has 0 spiro atoms. The molecule has 0 unspecified atom stereocenters. The third-order valence-corrected chi connectivity index (χ3v) is 2.50. The van der Waals surface area contributed by atoms with Gasteiger partial charge < -0.3 is 9.88 Å². The van der Waals surface area contributed by atoms with Crippen molar-refractivity contribution in [2.75, 3.05) is 25.1 Å². The summed E-state index contributed by atoms with van der Waals surface area (Å²) >= 11 is 1.90. The Morgan fingerprint density at radius 3 is 3.08 bits per heavy atom. The molecule has 0 aromatic carbocycles. The van der Waals surface area contributed by atoms with Gasteiger partial charge in [-0.3, -0.25) is 0 Å². The topological polar surface area (TPSA) is 29.9 Å². The van der Waals surface area contributed by atoms with Crippen LogP contribution in [0.2, 0.25) is 0 Å². The number of hydrogen-bond donors (Lipinski definition) is 1. The molecular formula is C9H17N3S. The minimum atomic E-state index is 1.01. The highest BCUT2D eigenvalue weighted by atomic mass is 32.2. The summed E-state index contributed by atoms with van der Waals surface area (Å²) in [4.78, 5) is 3.98. The zero-order chi connectivity index (χ0) is 9.36. The molecule has 1 aromatic rings. The van der Waals surface area contributed by atoms with Crippen LogP contribution in [-0.2, 0) is 6.54 Å². The Hall–Kier alpha value is -0.480. The molecule has 1 rings (SSSR count). The number of nitrogens with zero attached hydrogens (tertiary/aromatic N) is 2. The van der Waals surface area contributed by atoms with Crippen LogP contribution in [0.5, 0.6) is 0 Å². The second-order valence-electron chi connectivity index (χ2n) is 2.90. The van der Waals surface area contributed by atoms with Crippen LogP contribution in [0.3, 0.4) is 0 Å². The predicted octanol–water partition coefficient (Wildman–Crippen LogP) is 1.23. The second-order valence-corrected chi connectivity index (χ2v) is 3.88. The molecule has 1 heterocycles. The summed E-state index contributed by atoms with van der Waals surface area (Å²) in [7, 11) is 0. The molecule has 1 aromatic heterocycles. The van der Waals surface area contributed by atoms with E-state index in [0.717, 1.165) is 19.6 Å². The van der Waals surface area contributed by atoms with Crippen molar-refractivity contribution in [1.29, 1.82) is 0 Å². The van der Waals surface area contributed by atoms with E-state index < -0.39 is 0 Å². The van der Waals surface area contributed by atoms with Crippen molar-refractivity contribution in [3.05, 3.63) is 18.7 Å². The van der Waals surface area contributed by atoms with E-state index in [4.69, 9.17) is 0 Å². The first-order chi connectivity index (χ1) is 6.43. The van der Waals surface area contributed by atoms with Crippen LogP contribution in [0.25, 0.3) is 0 Å². The monoisotopic (exact) mass is 199 g/mol. The minimum absolute atomic E-state index is 1.01. The van der Waals surface area contributed by atoms with Crippen LogP contribution in [0.15, 0.2) is 18.7 Å². The summed E-state index contributed by atoms with van der Waals surface area (Å²) in [6.45, 7) is 3.17. The number of aromatic nitrogens is 2. The number of thioether (sulfide) groups is 1. The van der Waals surface area contributed by atoms with E-state index in [1.165, 1.54) is 12.2 Å². The summed E-state index contributed by atoms with van der Waals surface area (Å²) in [6.07, 6.45) is 9.05. The van der Waals surface area contributed by atoms with Gasteiger partial charge in [-0.2, -0.15) is 11.8 Å². The molecule has 0 saturated heterocycles. The van der Waals surface area contributed by atoms with Crippen LogP contribution in [0.1, 0.15) is 6.42 Å². The molecule has 0 aliphatic rings. The van der Waals surface area contributed by atoms with E-state index in [0.29, 0.717) is 0 Å². The highest BCUT2D eigenvalue weighted by Gasteiger charge is 1.89. The first-order valence-electron chi connectivity index (χ1n) is 4.59. The maximum absolute atomic E-state index is 3.98. The van der Waals surface area contributed by atoms with Gasteiger partial charge in [-0.25, -0.2) is 4.98 Å². The van der Waals surface area contributed by atoms with Crippen LogP contribution in [-0.4, -0.2) is 34.6 Å². The molecule has 13 heavy (non-hydrogen) atoms. The molecule has 0 aliphatic carbocycles. The molecule has 0 saturated carbocycles. The van der Waals surface area contributed by atoms with E-state index in [9.17, 15) is 0 Å². The molecule has 0 aliphatic heterocycles. The van der Waals surface area contributed by atoms with Crippen LogP contribution in [0, 0.1) is 0 Å². The van der Waals surface area contributed by atoms with Gasteiger partial charge in [-0.15, -0.1) is 0 Å². The normalized spacial score (nSPS) is 10.5. The van der Waals surface area contributed by atoms with Crippen molar-refractivity contribution in [2.45, 2.75) is 13.0 Å². The summed E-state index contributed by atoms with van der Waals surface area (Å²) in [5.74, 6) is 1.25. The Kier molecular flexibility index (Phi) is 5.69. The fraction of sp³-hybridized carbons (Fsp3) is 0.667. The van der Waals surface area contributed by atoms with E-state index in [1.807, 2.05) is 30.5 Å². The SMILES string of the molecule is CSCCCNCCn1ccnc1. The average Bonchev–Trinajstić information content (AvgIpc) is 2.63. The Labute approximate surface area is 83.9 Å². The van der Waals surface area contributed by atoms with Gasteiger partial charge in [0.1, 0.15) is 0 Å². The maximum Gasteiger partial charge on any atom is 0.0946 e. The third kappa shape index (κ3) is 4.95. The highest BCUT2D eigenvalue weighted by molar-refractivity contribution is 7.98. The Morgan fingerprint density at radius 2 is 2.38 bits per heavy atom. The summed E-state index contributed by atoms with van der Waals surface area (Å²) < 4.78 is 2.08. The molecular weight excluding hydrogens is 182 g/mol. The van der Waals surface area contributed by atoms with Gasteiger partial charge in [0.25, 0.3) is 0 Å².